The molecule has 0 atom stereocenters. The summed E-state index contributed by atoms with van der Waals surface area (Å²) in [5, 5.41) is 5.26. The van der Waals surface area contributed by atoms with E-state index in [1.165, 1.54) is 201 Å². The number of benzene rings is 5. The molecule has 0 fully saturated rings. The van der Waals surface area contributed by atoms with Crippen molar-refractivity contribution in [1.29, 1.82) is 0 Å². The minimum atomic E-state index is -0.0452. The first-order chi connectivity index (χ1) is 46.1. The van der Waals surface area contributed by atoms with Crippen LogP contribution in [0.2, 0.25) is 0 Å². The number of aryl methyl sites for hydroxylation is 16. The first-order valence-electron chi connectivity index (χ1n) is 34.9. The average molecular weight is 1370 g/mol. The molecule has 5 aromatic carbocycles. The highest BCUT2D eigenvalue weighted by Crippen LogP contribution is 2.55. The van der Waals surface area contributed by atoms with E-state index in [-0.39, 0.29) is 10.8 Å². The fourth-order valence-corrected chi connectivity index (χ4v) is 20.4. The maximum absolute atomic E-state index is 4.81. The number of nitrogens with zero attached hydrogens (tertiary/aromatic N) is 10. The van der Waals surface area contributed by atoms with Crippen molar-refractivity contribution in [3.05, 3.63) is 191 Å². The van der Waals surface area contributed by atoms with Gasteiger partial charge in [0.1, 0.15) is 34.0 Å². The van der Waals surface area contributed by atoms with Gasteiger partial charge in [-0.2, -0.15) is 0 Å². The van der Waals surface area contributed by atoms with E-state index in [9.17, 15) is 0 Å². The van der Waals surface area contributed by atoms with Gasteiger partial charge in [0.25, 0.3) is 0 Å². The summed E-state index contributed by atoms with van der Waals surface area (Å²) in [7, 11) is 0. The Labute approximate surface area is 600 Å². The number of aromatic nitrogens is 10. The van der Waals surface area contributed by atoms with Crippen molar-refractivity contribution in [2.24, 2.45) is 0 Å². The van der Waals surface area contributed by atoms with Gasteiger partial charge in [-0.3, -0.25) is 0 Å². The van der Waals surface area contributed by atoms with Crippen molar-refractivity contribution >= 4 is 94.9 Å². The number of rotatable bonds is 0. The zero-order valence-corrected chi connectivity index (χ0v) is 68.1. The fourth-order valence-electron chi connectivity index (χ4n) is 16.4. The van der Waals surface area contributed by atoms with Gasteiger partial charge in [0.05, 0.1) is 48.9 Å². The van der Waals surface area contributed by atoms with E-state index in [0.29, 0.717) is 0 Å². The number of fused-ring (bicyclic) bond motifs is 15. The van der Waals surface area contributed by atoms with Gasteiger partial charge in [-0.05, 0) is 341 Å². The third-order valence-corrected chi connectivity index (χ3v) is 27.4. The van der Waals surface area contributed by atoms with Gasteiger partial charge in [-0.1, -0.05) is 27.7 Å². The largest absolute Gasteiger partial charge is 0.238 e. The summed E-state index contributed by atoms with van der Waals surface area (Å²) in [5.74, 6) is 4.33. The van der Waals surface area contributed by atoms with Crippen LogP contribution in [0.3, 0.4) is 0 Å². The minimum Gasteiger partial charge on any atom is -0.238 e. The molecule has 0 aliphatic heterocycles. The lowest BCUT2D eigenvalue weighted by Gasteiger charge is -2.25. The second-order valence-electron chi connectivity index (χ2n) is 29.9. The molecule has 0 bridgehead atoms. The van der Waals surface area contributed by atoms with E-state index in [1.54, 1.807) is 11.3 Å². The molecular formula is C86H102N10S3. The van der Waals surface area contributed by atoms with Crippen LogP contribution < -0.4 is 0 Å². The molecule has 0 saturated heterocycles. The molecule has 99 heavy (non-hydrogen) atoms. The third kappa shape index (κ3) is 11.4. The molecule has 2 aliphatic carbocycles. The van der Waals surface area contributed by atoms with Gasteiger partial charge in [0.15, 0.2) is 0 Å². The first kappa shape index (κ1) is 72.4. The van der Waals surface area contributed by atoms with Gasteiger partial charge < -0.3 is 0 Å². The summed E-state index contributed by atoms with van der Waals surface area (Å²) in [6, 6.07) is 0. The fraction of sp³-hybridized carbons (Fsp3) is 0.419. The predicted molar refractivity (Wildman–Crippen MR) is 426 cm³/mol. The molecule has 0 radical (unpaired) electrons. The van der Waals surface area contributed by atoms with Gasteiger partial charge in [-0.15, -0.1) is 34.0 Å². The molecule has 0 N–H and O–H groups in total. The molecule has 0 unspecified atom stereocenters. The maximum atomic E-state index is 4.81. The Balaban J connectivity index is 0.000000125. The smallest absolute Gasteiger partial charge is 0.128 e. The van der Waals surface area contributed by atoms with E-state index >= 15 is 0 Å². The number of thiophene rings is 3. The summed E-state index contributed by atoms with van der Waals surface area (Å²) < 4.78 is 6.59. The monoisotopic (exact) mass is 1370 g/mol. The predicted octanol–water partition coefficient (Wildman–Crippen LogP) is 23.4. The zero-order chi connectivity index (χ0) is 73.1. The molecular weight excluding hydrogens is 1270 g/mol. The Kier molecular flexibility index (Phi) is 18.8. The molecule has 10 nitrogen and oxygen atoms in total. The molecule has 2 aliphatic rings. The van der Waals surface area contributed by atoms with E-state index in [0.717, 1.165) is 73.5 Å². The second kappa shape index (κ2) is 25.7. The molecule has 8 heterocycles. The Bertz CT molecular complexity index is 5370. The van der Waals surface area contributed by atoms with Crippen LogP contribution in [0.4, 0.5) is 0 Å². The Morgan fingerprint density at radius 2 is 0.475 bits per heavy atom. The average Bonchev–Trinajstić information content (AvgIpc) is 1.56. The standard InChI is InChI=1S/2C19H24N2.3C16H18N2S/c2*1-9-10(2)12(4)17-15(11(9)3)16-13(5)20-14(6)21-18(16)19(17,7)8;2*1-7-8(2)10(4)15-13(9(7)3)14-16(19-15)11(5)17-12(6)18-14;1-7-8(2)10(4)15-13(9(7)3)14-11(5)17-12(6)18-16(14)19-15/h2*1-8H3;3*1-6H3. The normalized spacial score (nSPS) is 13.1. The highest BCUT2D eigenvalue weighted by molar-refractivity contribution is 7.26. The molecule has 514 valence electrons. The van der Waals surface area contributed by atoms with Crippen molar-refractivity contribution in [2.45, 2.75) is 246 Å². The van der Waals surface area contributed by atoms with E-state index < -0.39 is 0 Å². The van der Waals surface area contributed by atoms with E-state index in [1.807, 2.05) is 57.3 Å². The zero-order valence-electron chi connectivity index (χ0n) is 65.7. The number of hydrogen-bond donors (Lipinski definition) is 0. The molecule has 15 rings (SSSR count). The van der Waals surface area contributed by atoms with Gasteiger partial charge in [0, 0.05) is 69.0 Å². The quantitative estimate of drug-likeness (QED) is 0.145. The lowest BCUT2D eigenvalue weighted by atomic mass is 9.79. The van der Waals surface area contributed by atoms with Gasteiger partial charge in [0.2, 0.25) is 0 Å². The molecule has 0 amide bonds. The second-order valence-corrected chi connectivity index (χ2v) is 33.0. The first-order valence-corrected chi connectivity index (χ1v) is 37.4. The highest BCUT2D eigenvalue weighted by atomic mass is 32.1. The van der Waals surface area contributed by atoms with Crippen molar-refractivity contribution in [1.82, 2.24) is 49.8 Å². The van der Waals surface area contributed by atoms with Crippen LogP contribution in [-0.4, -0.2) is 49.8 Å². The Morgan fingerprint density at radius 3 is 0.838 bits per heavy atom. The summed E-state index contributed by atoms with van der Waals surface area (Å²) in [6.07, 6.45) is 0. The maximum Gasteiger partial charge on any atom is 0.128 e. The molecule has 13 heteroatoms. The van der Waals surface area contributed by atoms with Gasteiger partial charge >= 0.3 is 0 Å². The van der Waals surface area contributed by atoms with Crippen LogP contribution in [0.25, 0.3) is 83.2 Å². The molecule has 0 spiro atoms. The van der Waals surface area contributed by atoms with Crippen molar-refractivity contribution in [3.63, 3.8) is 0 Å². The summed E-state index contributed by atoms with van der Waals surface area (Å²) in [5.41, 5.74) is 46.1. The summed E-state index contributed by atoms with van der Waals surface area (Å²) >= 11 is 5.47. The van der Waals surface area contributed by atoms with Crippen molar-refractivity contribution < 1.29 is 0 Å². The topological polar surface area (TPSA) is 129 Å². The highest BCUT2D eigenvalue weighted by Gasteiger charge is 2.43. The minimum absolute atomic E-state index is 0.0452. The third-order valence-electron chi connectivity index (χ3n) is 23.4. The van der Waals surface area contributed by atoms with Crippen LogP contribution in [0.1, 0.15) is 219 Å². The van der Waals surface area contributed by atoms with Gasteiger partial charge in [-0.25, -0.2) is 49.8 Å². The van der Waals surface area contributed by atoms with Crippen LogP contribution in [0.15, 0.2) is 0 Å². The Morgan fingerprint density at radius 1 is 0.202 bits per heavy atom. The lowest BCUT2D eigenvalue weighted by Crippen LogP contribution is -2.19. The van der Waals surface area contributed by atoms with Crippen LogP contribution in [-0.2, 0) is 10.8 Å². The van der Waals surface area contributed by atoms with E-state index in [4.69, 9.17) is 19.9 Å². The Hall–Kier alpha value is -7.84. The molecule has 0 saturated carbocycles. The lowest BCUT2D eigenvalue weighted by molar-refractivity contribution is 0.625. The van der Waals surface area contributed by atoms with Crippen molar-refractivity contribution in [2.75, 3.05) is 0 Å². The SMILES string of the molecule is Cc1nc(C)c2c(n1)C(C)(C)c1c(C)c(C)c(C)c(C)c1-2.Cc1nc(C)c2c(n1)C(C)(C)c1c(C)c(C)c(C)c(C)c1-2.Cc1nc(C)c2c(n1)sc1c(C)c(C)c(C)c(C)c12.Cc1nc(C)c2sc3c(C)c(C)c(C)c(C)c3c2n1.Cc1nc(C)c2sc3c(C)c(C)c(C)c(C)c3c2n1. The molecule has 8 aromatic heterocycles. The number of hydrogen-bond acceptors (Lipinski definition) is 13. The summed E-state index contributed by atoms with van der Waals surface area (Å²) in [4.78, 5) is 47.5. The van der Waals surface area contributed by atoms with Crippen LogP contribution in [0, 0.1) is 208 Å². The molecule has 13 aromatic rings. The van der Waals surface area contributed by atoms with Crippen molar-refractivity contribution in [3.8, 4) is 22.3 Å². The summed E-state index contributed by atoms with van der Waals surface area (Å²) in [6.45, 7) is 74.0. The van der Waals surface area contributed by atoms with Crippen LogP contribution in [0.5, 0.6) is 0 Å². The van der Waals surface area contributed by atoms with E-state index in [2.05, 4.69) is 231 Å². The van der Waals surface area contributed by atoms with Crippen LogP contribution >= 0.6 is 34.0 Å².